The first kappa shape index (κ1) is 13.5. The van der Waals surface area contributed by atoms with Crippen LogP contribution < -0.4 is 0 Å². The molecule has 0 saturated carbocycles. The lowest BCUT2D eigenvalue weighted by Crippen LogP contribution is -1.93. The Labute approximate surface area is 73.1 Å². The van der Waals surface area contributed by atoms with Crippen molar-refractivity contribution in [2.24, 2.45) is 0 Å². The van der Waals surface area contributed by atoms with Crippen molar-refractivity contribution in [2.45, 2.75) is 34.1 Å². The van der Waals surface area contributed by atoms with Crippen molar-refractivity contribution in [3.05, 3.63) is 11.6 Å². The van der Waals surface area contributed by atoms with Gasteiger partial charge in [0.1, 0.15) is 5.78 Å². The van der Waals surface area contributed by atoms with E-state index in [9.17, 15) is 9.59 Å². The van der Waals surface area contributed by atoms with E-state index < -0.39 is 5.97 Å². The normalized spacial score (nSPS) is 9.83. The van der Waals surface area contributed by atoms with Gasteiger partial charge in [-0.3, -0.25) is 0 Å². The summed E-state index contributed by atoms with van der Waals surface area (Å²) in [5, 5.41) is 8.11. The molecule has 0 amide bonds. The van der Waals surface area contributed by atoms with Crippen LogP contribution >= 0.6 is 0 Å². The van der Waals surface area contributed by atoms with Gasteiger partial charge in [0.2, 0.25) is 0 Å². The Morgan fingerprint density at radius 3 is 1.67 bits per heavy atom. The van der Waals surface area contributed by atoms with Crippen molar-refractivity contribution >= 4 is 11.8 Å². The van der Waals surface area contributed by atoms with E-state index >= 15 is 0 Å². The van der Waals surface area contributed by atoms with Crippen molar-refractivity contribution < 1.29 is 14.7 Å². The molecule has 0 spiro atoms. The molecule has 0 aliphatic carbocycles. The molecule has 0 radical (unpaired) electrons. The van der Waals surface area contributed by atoms with Gasteiger partial charge in [-0.15, -0.1) is 0 Å². The summed E-state index contributed by atoms with van der Waals surface area (Å²) in [6.07, 6.45) is 2.22. The van der Waals surface area contributed by atoms with Crippen molar-refractivity contribution in [1.82, 2.24) is 0 Å². The molecule has 0 aromatic rings. The predicted molar refractivity (Wildman–Crippen MR) is 48.0 cm³/mol. The van der Waals surface area contributed by atoms with Crippen LogP contribution in [0, 0.1) is 0 Å². The van der Waals surface area contributed by atoms with Gasteiger partial charge >= 0.3 is 5.97 Å². The molecule has 0 atom stereocenters. The van der Waals surface area contributed by atoms with Crippen molar-refractivity contribution in [1.29, 1.82) is 0 Å². The zero-order valence-corrected chi connectivity index (χ0v) is 8.05. The maximum Gasteiger partial charge on any atom is 0.330 e. The van der Waals surface area contributed by atoms with Gasteiger partial charge in [-0.1, -0.05) is 13.0 Å². The first-order valence-electron chi connectivity index (χ1n) is 3.81. The summed E-state index contributed by atoms with van der Waals surface area (Å²) in [6.45, 7) is 6.69. The highest BCUT2D eigenvalue weighted by Gasteiger charge is 1.93. The molecule has 0 aliphatic rings. The summed E-state index contributed by atoms with van der Waals surface area (Å²) >= 11 is 0. The van der Waals surface area contributed by atoms with Crippen LogP contribution in [0.1, 0.15) is 34.1 Å². The third-order valence-electron chi connectivity index (χ3n) is 1.27. The van der Waals surface area contributed by atoms with Crippen molar-refractivity contribution in [2.75, 3.05) is 0 Å². The van der Waals surface area contributed by atoms with E-state index in [-0.39, 0.29) is 5.78 Å². The minimum Gasteiger partial charge on any atom is -0.478 e. The molecule has 3 nitrogen and oxygen atoms in total. The SMILES string of the molecule is CC=C(C)C(=O)O.CCC(C)=O. The molecule has 70 valence electrons. The summed E-state index contributed by atoms with van der Waals surface area (Å²) in [5.41, 5.74) is 0.389. The number of aliphatic carboxylic acids is 1. The fraction of sp³-hybridized carbons (Fsp3) is 0.556. The second-order valence-electron chi connectivity index (χ2n) is 2.33. The highest BCUT2D eigenvalue weighted by atomic mass is 16.4. The van der Waals surface area contributed by atoms with Crippen LogP contribution in [-0.4, -0.2) is 16.9 Å². The standard InChI is InChI=1S/C5H8O2.C4H8O/c1-3-4(2)5(6)7;1-3-4(2)5/h3H,1-2H3,(H,6,7);3H2,1-2H3. The molecule has 0 unspecified atom stereocenters. The molecule has 0 fully saturated rings. The number of carboxylic acids is 1. The fourth-order valence-corrected chi connectivity index (χ4v) is 0.123. The van der Waals surface area contributed by atoms with E-state index in [0.717, 1.165) is 0 Å². The highest BCUT2D eigenvalue weighted by Crippen LogP contribution is 1.87. The summed E-state index contributed by atoms with van der Waals surface area (Å²) in [7, 11) is 0. The topological polar surface area (TPSA) is 54.4 Å². The second kappa shape index (κ2) is 7.98. The third kappa shape index (κ3) is 11.6. The number of carbonyl (C=O) groups is 2. The van der Waals surface area contributed by atoms with Gasteiger partial charge in [0.05, 0.1) is 0 Å². The van der Waals surface area contributed by atoms with Crippen LogP contribution in [0.3, 0.4) is 0 Å². The number of rotatable bonds is 2. The van der Waals surface area contributed by atoms with Crippen molar-refractivity contribution in [3.8, 4) is 0 Å². The van der Waals surface area contributed by atoms with E-state index in [1.165, 1.54) is 0 Å². The summed E-state index contributed by atoms with van der Waals surface area (Å²) in [4.78, 5) is 19.7. The maximum atomic E-state index is 9.86. The molecule has 0 bridgehead atoms. The predicted octanol–water partition coefficient (Wildman–Crippen LogP) is 2.02. The van der Waals surface area contributed by atoms with Crippen LogP contribution in [0.4, 0.5) is 0 Å². The Bertz CT molecular complexity index is 180. The summed E-state index contributed by atoms with van der Waals surface area (Å²) in [5.74, 6) is -0.590. The average Bonchev–Trinajstić information content (AvgIpc) is 2.04. The van der Waals surface area contributed by atoms with Gasteiger partial charge in [0, 0.05) is 12.0 Å². The highest BCUT2D eigenvalue weighted by molar-refractivity contribution is 5.85. The van der Waals surface area contributed by atoms with E-state index in [2.05, 4.69) is 0 Å². The molecule has 0 aromatic carbocycles. The van der Waals surface area contributed by atoms with E-state index in [1.54, 1.807) is 26.8 Å². The smallest absolute Gasteiger partial charge is 0.330 e. The maximum absolute atomic E-state index is 9.86. The average molecular weight is 172 g/mol. The van der Waals surface area contributed by atoms with Crippen LogP contribution in [0.5, 0.6) is 0 Å². The lowest BCUT2D eigenvalue weighted by Gasteiger charge is -1.84. The molecular weight excluding hydrogens is 156 g/mol. The number of hydrogen-bond donors (Lipinski definition) is 1. The lowest BCUT2D eigenvalue weighted by atomic mass is 10.3. The number of allylic oxidation sites excluding steroid dienone is 1. The molecule has 0 aromatic heterocycles. The quantitative estimate of drug-likeness (QED) is 0.648. The Hall–Kier alpha value is -1.12. The monoisotopic (exact) mass is 172 g/mol. The van der Waals surface area contributed by atoms with Crippen LogP contribution in [0.25, 0.3) is 0 Å². The molecule has 0 aliphatic heterocycles. The number of hydrogen-bond acceptors (Lipinski definition) is 2. The van der Waals surface area contributed by atoms with Gasteiger partial charge in [-0.05, 0) is 20.8 Å². The Balaban J connectivity index is 0. The molecule has 1 N–H and O–H groups in total. The third-order valence-corrected chi connectivity index (χ3v) is 1.27. The van der Waals surface area contributed by atoms with Crippen LogP contribution in [0.15, 0.2) is 11.6 Å². The largest absolute Gasteiger partial charge is 0.478 e. The number of carbonyl (C=O) groups excluding carboxylic acids is 1. The Morgan fingerprint density at radius 1 is 1.33 bits per heavy atom. The second-order valence-corrected chi connectivity index (χ2v) is 2.33. The van der Waals surface area contributed by atoms with Gasteiger partial charge < -0.3 is 9.90 Å². The van der Waals surface area contributed by atoms with Gasteiger partial charge in [0.25, 0.3) is 0 Å². The molecule has 0 saturated heterocycles. The summed E-state index contributed by atoms with van der Waals surface area (Å²) in [6, 6.07) is 0. The van der Waals surface area contributed by atoms with Crippen molar-refractivity contribution in [3.63, 3.8) is 0 Å². The zero-order chi connectivity index (χ0) is 10.1. The molecule has 3 heteroatoms. The lowest BCUT2D eigenvalue weighted by molar-refractivity contribution is -0.132. The molecule has 0 rings (SSSR count). The van der Waals surface area contributed by atoms with E-state index in [0.29, 0.717) is 12.0 Å². The molecule has 12 heavy (non-hydrogen) atoms. The molecule has 0 heterocycles. The van der Waals surface area contributed by atoms with Gasteiger partial charge in [-0.2, -0.15) is 0 Å². The Kier molecular flexibility index (Phi) is 8.96. The number of carboxylic acid groups (broad SMARTS) is 1. The van der Waals surface area contributed by atoms with E-state index in [1.807, 2.05) is 6.92 Å². The number of ketones is 1. The first-order valence-corrected chi connectivity index (χ1v) is 3.81. The Morgan fingerprint density at radius 2 is 1.67 bits per heavy atom. The van der Waals surface area contributed by atoms with Gasteiger partial charge in [-0.25, -0.2) is 4.79 Å². The zero-order valence-electron chi connectivity index (χ0n) is 8.05. The van der Waals surface area contributed by atoms with Gasteiger partial charge in [0.15, 0.2) is 0 Å². The van der Waals surface area contributed by atoms with Crippen LogP contribution in [-0.2, 0) is 9.59 Å². The van der Waals surface area contributed by atoms with Crippen LogP contribution in [0.2, 0.25) is 0 Å². The minimum absolute atomic E-state index is 0.255. The molecular formula is C9H16O3. The van der Waals surface area contributed by atoms with E-state index in [4.69, 9.17) is 5.11 Å². The minimum atomic E-state index is -0.845. The summed E-state index contributed by atoms with van der Waals surface area (Å²) < 4.78 is 0. The number of Topliss-reactive ketones (excluding diaryl/α,β-unsaturated/α-hetero) is 1. The first-order chi connectivity index (χ1) is 5.45. The fourth-order valence-electron chi connectivity index (χ4n) is 0.123.